The molecule has 8 heteroatoms. The lowest BCUT2D eigenvalue weighted by Gasteiger charge is -2.15. The van der Waals surface area contributed by atoms with Gasteiger partial charge >= 0.3 is 5.63 Å². The first kappa shape index (κ1) is 18.0. The van der Waals surface area contributed by atoms with Crippen LogP contribution in [0.15, 0.2) is 45.7 Å². The van der Waals surface area contributed by atoms with Crippen LogP contribution in [0.2, 0.25) is 0 Å². The molecule has 2 aromatic heterocycles. The number of anilines is 1. The maximum Gasteiger partial charge on any atom is 0.349 e. The molecular formula is C20H20N4O4. The smallest absolute Gasteiger partial charge is 0.349 e. The maximum absolute atomic E-state index is 12.5. The number of aromatic nitrogens is 2. The number of carbonyl (C=O) groups is 1. The summed E-state index contributed by atoms with van der Waals surface area (Å²) < 4.78 is 10.5. The summed E-state index contributed by atoms with van der Waals surface area (Å²) in [5, 5.41) is 3.34. The quantitative estimate of drug-likeness (QED) is 0.677. The molecule has 28 heavy (non-hydrogen) atoms. The predicted octanol–water partition coefficient (Wildman–Crippen LogP) is 2.12. The Kier molecular flexibility index (Phi) is 4.92. The third-order valence-corrected chi connectivity index (χ3v) is 4.71. The molecule has 1 amide bonds. The molecular weight excluding hydrogens is 360 g/mol. The summed E-state index contributed by atoms with van der Waals surface area (Å²) in [5.41, 5.74) is 0.222. The molecule has 1 fully saturated rings. The number of methoxy groups -OCH3 is 1. The average molecular weight is 380 g/mol. The van der Waals surface area contributed by atoms with Gasteiger partial charge in [-0.25, -0.2) is 14.8 Å². The zero-order valence-corrected chi connectivity index (χ0v) is 15.5. The molecule has 1 aliphatic rings. The average Bonchev–Trinajstić information content (AvgIpc) is 3.26. The monoisotopic (exact) mass is 380 g/mol. The van der Waals surface area contributed by atoms with Gasteiger partial charge in [0.1, 0.15) is 5.56 Å². The van der Waals surface area contributed by atoms with Gasteiger partial charge in [-0.05, 0) is 31.0 Å². The Morgan fingerprint density at radius 3 is 2.89 bits per heavy atom. The minimum atomic E-state index is -0.713. The molecule has 1 saturated heterocycles. The number of benzene rings is 1. The van der Waals surface area contributed by atoms with Gasteiger partial charge in [-0.3, -0.25) is 4.79 Å². The van der Waals surface area contributed by atoms with Gasteiger partial charge in [0.05, 0.1) is 19.3 Å². The van der Waals surface area contributed by atoms with Crippen molar-refractivity contribution < 1.29 is 13.9 Å². The van der Waals surface area contributed by atoms with Crippen LogP contribution >= 0.6 is 0 Å². The summed E-state index contributed by atoms with van der Waals surface area (Å²) >= 11 is 0. The Balaban J connectivity index is 1.52. The van der Waals surface area contributed by atoms with Crippen molar-refractivity contribution in [3.8, 4) is 5.75 Å². The second-order valence-electron chi connectivity index (χ2n) is 6.55. The standard InChI is InChI=1S/C20H20N4O4/c1-27-16-6-4-5-13-11-15(19(26)28-17(13)16)18(25)22-12-14-7-8-21-20(23-14)24-9-2-3-10-24/h4-8,11H,2-3,9-10,12H2,1H3,(H,22,25). The highest BCUT2D eigenvalue weighted by atomic mass is 16.5. The fraction of sp³-hybridized carbons (Fsp3) is 0.300. The summed E-state index contributed by atoms with van der Waals surface area (Å²) in [6, 6.07) is 8.47. The van der Waals surface area contributed by atoms with E-state index in [9.17, 15) is 9.59 Å². The molecule has 1 aliphatic heterocycles. The molecule has 3 heterocycles. The molecule has 3 aromatic rings. The Morgan fingerprint density at radius 1 is 1.29 bits per heavy atom. The van der Waals surface area contributed by atoms with E-state index in [1.54, 1.807) is 30.5 Å². The molecule has 1 aromatic carbocycles. The van der Waals surface area contributed by atoms with Gasteiger partial charge in [-0.2, -0.15) is 0 Å². The number of fused-ring (bicyclic) bond motifs is 1. The van der Waals surface area contributed by atoms with E-state index in [1.165, 1.54) is 13.2 Å². The zero-order valence-electron chi connectivity index (χ0n) is 15.5. The molecule has 0 radical (unpaired) electrons. The molecule has 0 atom stereocenters. The molecule has 144 valence electrons. The molecule has 0 saturated carbocycles. The predicted molar refractivity (Wildman–Crippen MR) is 104 cm³/mol. The fourth-order valence-corrected chi connectivity index (χ4v) is 3.26. The van der Waals surface area contributed by atoms with Crippen molar-refractivity contribution in [1.29, 1.82) is 0 Å². The Hall–Kier alpha value is -3.42. The largest absolute Gasteiger partial charge is 0.493 e. The summed E-state index contributed by atoms with van der Waals surface area (Å²) in [7, 11) is 1.49. The van der Waals surface area contributed by atoms with Crippen LogP contribution in [0.4, 0.5) is 5.95 Å². The van der Waals surface area contributed by atoms with Crippen molar-refractivity contribution in [2.24, 2.45) is 0 Å². The van der Waals surface area contributed by atoms with E-state index in [1.807, 2.05) is 0 Å². The van der Waals surface area contributed by atoms with Crippen molar-refractivity contribution in [1.82, 2.24) is 15.3 Å². The van der Waals surface area contributed by atoms with Crippen molar-refractivity contribution in [2.75, 3.05) is 25.1 Å². The third-order valence-electron chi connectivity index (χ3n) is 4.71. The second kappa shape index (κ2) is 7.67. The van der Waals surface area contributed by atoms with Crippen LogP contribution in [-0.4, -0.2) is 36.1 Å². The van der Waals surface area contributed by atoms with Crippen molar-refractivity contribution in [2.45, 2.75) is 19.4 Å². The van der Waals surface area contributed by atoms with Gasteiger partial charge < -0.3 is 19.4 Å². The van der Waals surface area contributed by atoms with E-state index in [0.717, 1.165) is 25.9 Å². The number of hydrogen-bond acceptors (Lipinski definition) is 7. The lowest BCUT2D eigenvalue weighted by Crippen LogP contribution is -2.28. The van der Waals surface area contributed by atoms with E-state index in [-0.39, 0.29) is 12.1 Å². The lowest BCUT2D eigenvalue weighted by atomic mass is 10.1. The number of carbonyl (C=O) groups excluding carboxylic acids is 1. The SMILES string of the molecule is COc1cccc2cc(C(=O)NCc3ccnc(N4CCCC4)n3)c(=O)oc12. The van der Waals surface area contributed by atoms with Crippen molar-refractivity contribution >= 4 is 22.8 Å². The van der Waals surface area contributed by atoms with E-state index < -0.39 is 11.5 Å². The highest BCUT2D eigenvalue weighted by molar-refractivity contribution is 5.97. The highest BCUT2D eigenvalue weighted by Crippen LogP contribution is 2.24. The minimum absolute atomic E-state index is 0.0606. The van der Waals surface area contributed by atoms with E-state index >= 15 is 0 Å². The van der Waals surface area contributed by atoms with Gasteiger partial charge in [-0.1, -0.05) is 12.1 Å². The van der Waals surface area contributed by atoms with Crippen LogP contribution in [0.1, 0.15) is 28.9 Å². The maximum atomic E-state index is 12.5. The Bertz CT molecular complexity index is 1070. The van der Waals surface area contributed by atoms with Crippen LogP contribution in [0, 0.1) is 0 Å². The summed E-state index contributed by atoms with van der Waals surface area (Å²) in [6.45, 7) is 2.08. The molecule has 0 unspecified atom stereocenters. The Morgan fingerprint density at radius 2 is 2.11 bits per heavy atom. The molecule has 0 aliphatic carbocycles. The molecule has 4 rings (SSSR count). The summed E-state index contributed by atoms with van der Waals surface area (Å²) in [6.07, 6.45) is 3.94. The first-order valence-corrected chi connectivity index (χ1v) is 9.11. The van der Waals surface area contributed by atoms with Crippen LogP contribution in [-0.2, 0) is 6.54 Å². The number of ether oxygens (including phenoxy) is 1. The number of nitrogens with zero attached hydrogens (tertiary/aromatic N) is 3. The van der Waals surface area contributed by atoms with Crippen molar-refractivity contribution in [3.63, 3.8) is 0 Å². The lowest BCUT2D eigenvalue weighted by molar-refractivity contribution is 0.0947. The molecule has 0 bridgehead atoms. The van der Waals surface area contributed by atoms with Gasteiger partial charge in [0.2, 0.25) is 5.95 Å². The zero-order chi connectivity index (χ0) is 19.5. The number of nitrogens with one attached hydrogen (secondary N) is 1. The van der Waals surface area contributed by atoms with Gasteiger partial charge in [0, 0.05) is 24.7 Å². The summed E-state index contributed by atoms with van der Waals surface area (Å²) in [5.74, 6) is 0.596. The second-order valence-corrected chi connectivity index (χ2v) is 6.55. The number of hydrogen-bond donors (Lipinski definition) is 1. The third kappa shape index (κ3) is 3.53. The van der Waals surface area contributed by atoms with Crippen LogP contribution in [0.25, 0.3) is 11.0 Å². The first-order chi connectivity index (χ1) is 13.7. The van der Waals surface area contributed by atoms with E-state index in [4.69, 9.17) is 9.15 Å². The minimum Gasteiger partial charge on any atom is -0.493 e. The molecule has 1 N–H and O–H groups in total. The topological polar surface area (TPSA) is 97.6 Å². The van der Waals surface area contributed by atoms with Gasteiger partial charge in [0.25, 0.3) is 5.91 Å². The normalized spacial score (nSPS) is 13.7. The van der Waals surface area contributed by atoms with Gasteiger partial charge in [0.15, 0.2) is 11.3 Å². The molecule has 0 spiro atoms. The first-order valence-electron chi connectivity index (χ1n) is 9.11. The highest BCUT2D eigenvalue weighted by Gasteiger charge is 2.17. The van der Waals surface area contributed by atoms with E-state index in [2.05, 4.69) is 20.2 Å². The Labute approximate surface area is 161 Å². The van der Waals surface area contributed by atoms with Crippen LogP contribution in [0.3, 0.4) is 0 Å². The summed E-state index contributed by atoms with van der Waals surface area (Å²) in [4.78, 5) is 35.7. The van der Waals surface area contributed by atoms with Crippen LogP contribution < -0.4 is 20.6 Å². The number of rotatable bonds is 5. The number of para-hydroxylation sites is 1. The van der Waals surface area contributed by atoms with Gasteiger partial charge in [-0.15, -0.1) is 0 Å². The number of amides is 1. The fourth-order valence-electron chi connectivity index (χ4n) is 3.26. The van der Waals surface area contributed by atoms with Crippen LogP contribution in [0.5, 0.6) is 5.75 Å². The van der Waals surface area contributed by atoms with Crippen molar-refractivity contribution in [3.05, 3.63) is 58.2 Å². The molecule has 8 nitrogen and oxygen atoms in total. The van der Waals surface area contributed by atoms with E-state index in [0.29, 0.717) is 28.4 Å².